The van der Waals surface area contributed by atoms with Gasteiger partial charge in [0.05, 0.1) is 12.2 Å². The monoisotopic (exact) mass is 314 g/mol. The molecule has 1 heterocycles. The predicted octanol–water partition coefficient (Wildman–Crippen LogP) is 3.45. The molecule has 0 aromatic heterocycles. The first-order valence-electron chi connectivity index (χ1n) is 6.38. The Labute approximate surface area is 116 Å². The summed E-state index contributed by atoms with van der Waals surface area (Å²) in [6, 6.07) is 5.69. The van der Waals surface area contributed by atoms with E-state index in [-0.39, 0.29) is 6.10 Å². The van der Waals surface area contributed by atoms with Gasteiger partial charge in [-0.3, -0.25) is 0 Å². The van der Waals surface area contributed by atoms with Gasteiger partial charge in [-0.05, 0) is 44.4 Å². The van der Waals surface area contributed by atoms with E-state index in [4.69, 9.17) is 9.47 Å². The molecule has 1 aliphatic rings. The zero-order chi connectivity index (χ0) is 13.0. The minimum absolute atomic E-state index is 0.184. The Balaban J connectivity index is 1.99. The first kappa shape index (κ1) is 13.8. The molecule has 1 aliphatic heterocycles. The van der Waals surface area contributed by atoms with Crippen LogP contribution in [0.2, 0.25) is 0 Å². The molecule has 1 saturated heterocycles. The molecule has 2 rings (SSSR count). The maximum atomic E-state index is 9.73. The summed E-state index contributed by atoms with van der Waals surface area (Å²) in [7, 11) is 0. The molecule has 4 heteroatoms. The number of hydrogen-bond donors (Lipinski definition) is 1. The molecule has 1 fully saturated rings. The summed E-state index contributed by atoms with van der Waals surface area (Å²) < 4.78 is 12.4. The number of aliphatic hydroxyl groups excluding tert-OH is 1. The maximum Gasteiger partial charge on any atom is 0.125 e. The first-order chi connectivity index (χ1) is 8.66. The molecular weight excluding hydrogens is 296 g/mol. The van der Waals surface area contributed by atoms with Crippen LogP contribution in [0.3, 0.4) is 0 Å². The van der Waals surface area contributed by atoms with Gasteiger partial charge in [-0.15, -0.1) is 0 Å². The summed E-state index contributed by atoms with van der Waals surface area (Å²) in [6.45, 7) is 3.13. The average molecular weight is 315 g/mol. The highest BCUT2D eigenvalue weighted by Crippen LogP contribution is 2.29. The third-order valence-corrected chi connectivity index (χ3v) is 3.61. The number of aliphatic hydroxyl groups is 1. The number of rotatable bonds is 4. The van der Waals surface area contributed by atoms with Gasteiger partial charge in [-0.1, -0.05) is 15.9 Å². The second-order valence-electron chi connectivity index (χ2n) is 4.66. The first-order valence-corrected chi connectivity index (χ1v) is 7.18. The zero-order valence-electron chi connectivity index (χ0n) is 10.6. The van der Waals surface area contributed by atoms with Gasteiger partial charge in [-0.2, -0.15) is 0 Å². The van der Waals surface area contributed by atoms with Gasteiger partial charge in [-0.25, -0.2) is 0 Å². The van der Waals surface area contributed by atoms with Crippen LogP contribution in [0.5, 0.6) is 5.75 Å². The van der Waals surface area contributed by atoms with Crippen molar-refractivity contribution in [3.63, 3.8) is 0 Å². The fourth-order valence-electron chi connectivity index (χ4n) is 2.10. The van der Waals surface area contributed by atoms with Crippen molar-refractivity contribution in [2.45, 2.75) is 38.4 Å². The number of benzene rings is 1. The number of hydrogen-bond acceptors (Lipinski definition) is 3. The highest BCUT2D eigenvalue weighted by atomic mass is 79.9. The van der Waals surface area contributed by atoms with Gasteiger partial charge in [0.1, 0.15) is 12.4 Å². The van der Waals surface area contributed by atoms with Crippen molar-refractivity contribution >= 4 is 15.9 Å². The molecule has 0 saturated carbocycles. The summed E-state index contributed by atoms with van der Waals surface area (Å²) in [5.41, 5.74) is 0.806. The van der Waals surface area contributed by atoms with Crippen LogP contribution in [0, 0.1) is 0 Å². The van der Waals surface area contributed by atoms with Gasteiger partial charge < -0.3 is 14.6 Å². The summed E-state index contributed by atoms with van der Waals surface area (Å²) in [4.78, 5) is 0. The number of ether oxygens (including phenoxy) is 2. The normalized spacial score (nSPS) is 21.6. The Morgan fingerprint density at radius 2 is 2.33 bits per heavy atom. The molecule has 0 amide bonds. The summed E-state index contributed by atoms with van der Waals surface area (Å²) in [5.74, 6) is 0.738. The Bertz CT molecular complexity index is 387. The van der Waals surface area contributed by atoms with E-state index in [0.29, 0.717) is 6.61 Å². The molecule has 1 aromatic rings. The second kappa shape index (κ2) is 6.55. The standard InChI is InChI=1S/C14H19BrO3/c1-10(16)13-8-11(15)5-6-14(13)18-9-12-4-2-3-7-17-12/h5-6,8,10,12,16H,2-4,7,9H2,1H3/t10-,12?/m1/s1. The van der Waals surface area contributed by atoms with Gasteiger partial charge in [0.2, 0.25) is 0 Å². The fourth-order valence-corrected chi connectivity index (χ4v) is 2.48. The van der Waals surface area contributed by atoms with Gasteiger partial charge in [0, 0.05) is 16.6 Å². The van der Waals surface area contributed by atoms with Crippen LogP contribution < -0.4 is 4.74 Å². The molecule has 0 radical (unpaired) electrons. The van der Waals surface area contributed by atoms with Crippen LogP contribution in [-0.4, -0.2) is 24.4 Å². The quantitative estimate of drug-likeness (QED) is 0.925. The zero-order valence-corrected chi connectivity index (χ0v) is 12.1. The van der Waals surface area contributed by atoms with E-state index >= 15 is 0 Å². The van der Waals surface area contributed by atoms with Crippen LogP contribution >= 0.6 is 15.9 Å². The average Bonchev–Trinajstić information content (AvgIpc) is 2.38. The topological polar surface area (TPSA) is 38.7 Å². The Kier molecular flexibility index (Phi) is 5.03. The Morgan fingerprint density at radius 3 is 3.00 bits per heavy atom. The van der Waals surface area contributed by atoms with Gasteiger partial charge in [0.25, 0.3) is 0 Å². The van der Waals surface area contributed by atoms with E-state index in [1.807, 2.05) is 18.2 Å². The van der Waals surface area contributed by atoms with Crippen LogP contribution in [0.4, 0.5) is 0 Å². The lowest BCUT2D eigenvalue weighted by Crippen LogP contribution is -2.26. The van der Waals surface area contributed by atoms with Crippen molar-refractivity contribution in [3.05, 3.63) is 28.2 Å². The molecule has 1 N–H and O–H groups in total. The minimum Gasteiger partial charge on any atom is -0.490 e. The van der Waals surface area contributed by atoms with E-state index in [2.05, 4.69) is 15.9 Å². The van der Waals surface area contributed by atoms with E-state index in [9.17, 15) is 5.11 Å². The van der Waals surface area contributed by atoms with Crippen molar-refractivity contribution in [1.82, 2.24) is 0 Å². The van der Waals surface area contributed by atoms with Crippen molar-refractivity contribution in [2.75, 3.05) is 13.2 Å². The van der Waals surface area contributed by atoms with Crippen molar-refractivity contribution in [2.24, 2.45) is 0 Å². The third-order valence-electron chi connectivity index (χ3n) is 3.12. The largest absolute Gasteiger partial charge is 0.490 e. The summed E-state index contributed by atoms with van der Waals surface area (Å²) in [6.07, 6.45) is 3.06. The smallest absolute Gasteiger partial charge is 0.125 e. The van der Waals surface area contributed by atoms with Gasteiger partial charge >= 0.3 is 0 Å². The van der Waals surface area contributed by atoms with Crippen LogP contribution in [0.15, 0.2) is 22.7 Å². The lowest BCUT2D eigenvalue weighted by atomic mass is 10.1. The molecule has 2 atom stereocenters. The van der Waals surface area contributed by atoms with E-state index in [1.54, 1.807) is 6.92 Å². The molecule has 100 valence electrons. The molecule has 0 bridgehead atoms. The predicted molar refractivity (Wildman–Crippen MR) is 73.9 cm³/mol. The van der Waals surface area contributed by atoms with Crippen molar-refractivity contribution < 1.29 is 14.6 Å². The third kappa shape index (κ3) is 3.70. The minimum atomic E-state index is -0.537. The van der Waals surface area contributed by atoms with E-state index in [0.717, 1.165) is 35.2 Å². The molecule has 0 aliphatic carbocycles. The fraction of sp³-hybridized carbons (Fsp3) is 0.571. The van der Waals surface area contributed by atoms with Gasteiger partial charge in [0.15, 0.2) is 0 Å². The second-order valence-corrected chi connectivity index (χ2v) is 5.57. The highest BCUT2D eigenvalue weighted by molar-refractivity contribution is 9.10. The molecule has 1 aromatic carbocycles. The molecule has 1 unspecified atom stereocenters. The molecule has 18 heavy (non-hydrogen) atoms. The van der Waals surface area contributed by atoms with Crippen molar-refractivity contribution in [1.29, 1.82) is 0 Å². The Hall–Kier alpha value is -0.580. The summed E-state index contributed by atoms with van der Waals surface area (Å²) in [5, 5.41) is 9.73. The SMILES string of the molecule is C[C@@H](O)c1cc(Br)ccc1OCC1CCCCO1. The maximum absolute atomic E-state index is 9.73. The van der Waals surface area contributed by atoms with Crippen molar-refractivity contribution in [3.8, 4) is 5.75 Å². The molecular formula is C14H19BrO3. The van der Waals surface area contributed by atoms with E-state index in [1.165, 1.54) is 6.42 Å². The van der Waals surface area contributed by atoms with Crippen LogP contribution in [0.25, 0.3) is 0 Å². The van der Waals surface area contributed by atoms with E-state index < -0.39 is 6.10 Å². The summed E-state index contributed by atoms with van der Waals surface area (Å²) >= 11 is 3.40. The lowest BCUT2D eigenvalue weighted by Gasteiger charge is -2.23. The van der Waals surface area contributed by atoms with Crippen LogP contribution in [-0.2, 0) is 4.74 Å². The van der Waals surface area contributed by atoms with Crippen LogP contribution in [0.1, 0.15) is 37.9 Å². The lowest BCUT2D eigenvalue weighted by molar-refractivity contribution is -0.0116. The highest BCUT2D eigenvalue weighted by Gasteiger charge is 2.16. The molecule has 3 nitrogen and oxygen atoms in total. The Morgan fingerprint density at radius 1 is 1.50 bits per heavy atom. The molecule has 0 spiro atoms. The number of halogens is 1.